The predicted molar refractivity (Wildman–Crippen MR) is 124 cm³/mol. The number of aromatic nitrogens is 2. The second kappa shape index (κ2) is 10.4. The number of imidazole rings is 1. The molecular formula is C24H29N3O3S. The number of carbonyl (C=O) groups is 1. The number of aryl methyl sites for hydroxylation is 1. The van der Waals surface area contributed by atoms with Gasteiger partial charge in [0, 0.05) is 25.5 Å². The molecule has 0 N–H and O–H groups in total. The zero-order chi connectivity index (χ0) is 22.4. The van der Waals surface area contributed by atoms with Gasteiger partial charge in [-0.15, -0.1) is 0 Å². The van der Waals surface area contributed by atoms with E-state index in [4.69, 9.17) is 9.47 Å². The molecule has 0 unspecified atom stereocenters. The lowest BCUT2D eigenvalue weighted by Crippen LogP contribution is -2.31. The lowest BCUT2D eigenvalue weighted by Gasteiger charge is -2.21. The highest BCUT2D eigenvalue weighted by Crippen LogP contribution is 2.28. The van der Waals surface area contributed by atoms with Crippen molar-refractivity contribution in [2.24, 2.45) is 0 Å². The van der Waals surface area contributed by atoms with Gasteiger partial charge in [0.15, 0.2) is 16.7 Å². The molecule has 0 spiro atoms. The number of amides is 1. The van der Waals surface area contributed by atoms with Crippen LogP contribution in [0.1, 0.15) is 23.6 Å². The zero-order valence-corrected chi connectivity index (χ0v) is 19.5. The summed E-state index contributed by atoms with van der Waals surface area (Å²) in [5, 5.41) is 0.809. The fourth-order valence-corrected chi connectivity index (χ4v) is 4.24. The highest BCUT2D eigenvalue weighted by atomic mass is 32.2. The first kappa shape index (κ1) is 22.7. The number of nitrogens with zero attached hydrogens (tertiary/aromatic N) is 3. The molecule has 1 heterocycles. The van der Waals surface area contributed by atoms with Crippen molar-refractivity contribution in [2.45, 2.75) is 32.5 Å². The van der Waals surface area contributed by atoms with Crippen LogP contribution in [0, 0.1) is 13.8 Å². The van der Waals surface area contributed by atoms with Gasteiger partial charge >= 0.3 is 0 Å². The topological polar surface area (TPSA) is 56.6 Å². The number of ether oxygens (including phenoxy) is 2. The van der Waals surface area contributed by atoms with Crippen molar-refractivity contribution in [1.29, 1.82) is 0 Å². The summed E-state index contributed by atoms with van der Waals surface area (Å²) in [7, 11) is 3.22. The minimum Gasteiger partial charge on any atom is -0.493 e. The van der Waals surface area contributed by atoms with E-state index in [2.05, 4.69) is 31.0 Å². The summed E-state index contributed by atoms with van der Waals surface area (Å²) in [5.74, 6) is 1.73. The summed E-state index contributed by atoms with van der Waals surface area (Å²) >= 11 is 1.46. The first-order valence-corrected chi connectivity index (χ1v) is 11.2. The average Bonchev–Trinajstić information content (AvgIpc) is 3.25. The van der Waals surface area contributed by atoms with Crippen molar-refractivity contribution in [3.8, 4) is 17.2 Å². The third kappa shape index (κ3) is 5.22. The van der Waals surface area contributed by atoms with Gasteiger partial charge in [0.25, 0.3) is 0 Å². The Labute approximate surface area is 188 Å². The first-order chi connectivity index (χ1) is 15.0. The third-order valence-electron chi connectivity index (χ3n) is 5.32. The number of rotatable bonds is 9. The average molecular weight is 440 g/mol. The molecule has 6 nitrogen and oxygen atoms in total. The number of benzene rings is 2. The van der Waals surface area contributed by atoms with Crippen LogP contribution in [-0.4, -0.2) is 46.9 Å². The monoisotopic (exact) mass is 439 g/mol. The maximum atomic E-state index is 12.9. The summed E-state index contributed by atoms with van der Waals surface area (Å²) in [5.41, 5.74) is 4.52. The summed E-state index contributed by atoms with van der Waals surface area (Å²) < 4.78 is 12.7. The van der Waals surface area contributed by atoms with Crippen LogP contribution >= 0.6 is 11.8 Å². The van der Waals surface area contributed by atoms with Crippen LogP contribution in [0.15, 0.2) is 53.9 Å². The van der Waals surface area contributed by atoms with Gasteiger partial charge in [-0.25, -0.2) is 4.98 Å². The van der Waals surface area contributed by atoms with Gasteiger partial charge in [0.1, 0.15) is 0 Å². The van der Waals surface area contributed by atoms with Crippen molar-refractivity contribution >= 4 is 17.7 Å². The molecule has 0 aliphatic heterocycles. The van der Waals surface area contributed by atoms with E-state index >= 15 is 0 Å². The first-order valence-electron chi connectivity index (χ1n) is 10.2. The molecule has 164 valence electrons. The Morgan fingerprint density at radius 3 is 2.61 bits per heavy atom. The maximum Gasteiger partial charge on any atom is 0.233 e. The van der Waals surface area contributed by atoms with Crippen LogP contribution in [0.2, 0.25) is 0 Å². The number of carbonyl (C=O) groups excluding carboxylic acids is 1. The van der Waals surface area contributed by atoms with E-state index in [0.717, 1.165) is 16.4 Å². The largest absolute Gasteiger partial charge is 0.493 e. The standard InChI is InChI=1S/C24H29N3O3S/c1-6-26(15-19-10-11-21(29-4)22(14-19)30-5)23(28)16-31-24-25-12-13-27(24)20-9-7-8-17(2)18(20)3/h7-14H,6,15-16H2,1-5H3. The van der Waals surface area contributed by atoms with Crippen LogP contribution in [-0.2, 0) is 11.3 Å². The van der Waals surface area contributed by atoms with E-state index in [1.165, 1.54) is 22.9 Å². The molecule has 0 saturated heterocycles. The van der Waals surface area contributed by atoms with Crippen LogP contribution in [0.4, 0.5) is 0 Å². The molecule has 1 aromatic heterocycles. The Morgan fingerprint density at radius 2 is 1.90 bits per heavy atom. The molecule has 0 saturated carbocycles. The van der Waals surface area contributed by atoms with Gasteiger partial charge in [-0.1, -0.05) is 30.0 Å². The van der Waals surface area contributed by atoms with Gasteiger partial charge < -0.3 is 14.4 Å². The number of hydrogen-bond acceptors (Lipinski definition) is 5. The van der Waals surface area contributed by atoms with E-state index in [1.54, 1.807) is 20.4 Å². The van der Waals surface area contributed by atoms with E-state index in [-0.39, 0.29) is 5.91 Å². The van der Waals surface area contributed by atoms with Gasteiger partial charge in [-0.3, -0.25) is 9.36 Å². The third-order valence-corrected chi connectivity index (χ3v) is 6.27. The molecule has 0 fully saturated rings. The fourth-order valence-electron chi connectivity index (χ4n) is 3.37. The summed E-state index contributed by atoms with van der Waals surface area (Å²) in [4.78, 5) is 19.2. The molecule has 0 bridgehead atoms. The maximum absolute atomic E-state index is 12.9. The van der Waals surface area contributed by atoms with Crippen LogP contribution in [0.25, 0.3) is 5.69 Å². The van der Waals surface area contributed by atoms with Crippen LogP contribution in [0.3, 0.4) is 0 Å². The van der Waals surface area contributed by atoms with E-state index in [9.17, 15) is 4.79 Å². The number of thioether (sulfide) groups is 1. The molecule has 0 aliphatic rings. The predicted octanol–water partition coefficient (Wildman–Crippen LogP) is 4.65. The fraction of sp³-hybridized carbons (Fsp3) is 0.333. The lowest BCUT2D eigenvalue weighted by molar-refractivity contribution is -0.128. The van der Waals surface area contributed by atoms with Crippen LogP contribution in [0.5, 0.6) is 11.5 Å². The summed E-state index contributed by atoms with van der Waals surface area (Å²) in [6.45, 7) is 7.33. The summed E-state index contributed by atoms with van der Waals surface area (Å²) in [6.07, 6.45) is 3.71. The molecule has 3 aromatic rings. The van der Waals surface area contributed by atoms with Crippen molar-refractivity contribution in [2.75, 3.05) is 26.5 Å². The Kier molecular flexibility index (Phi) is 7.63. The van der Waals surface area contributed by atoms with Gasteiger partial charge in [0.05, 0.1) is 25.7 Å². The molecule has 7 heteroatoms. The molecule has 0 atom stereocenters. The van der Waals surface area contributed by atoms with Gasteiger partial charge in [-0.2, -0.15) is 0 Å². The van der Waals surface area contributed by atoms with E-state index in [0.29, 0.717) is 30.3 Å². The lowest BCUT2D eigenvalue weighted by atomic mass is 10.1. The minimum atomic E-state index is 0.0674. The molecule has 0 aliphatic carbocycles. The Hall–Kier alpha value is -2.93. The quantitative estimate of drug-likeness (QED) is 0.455. The van der Waals surface area contributed by atoms with E-state index < -0.39 is 0 Å². The van der Waals surface area contributed by atoms with E-state index in [1.807, 2.05) is 46.9 Å². The molecule has 2 aromatic carbocycles. The highest BCUT2D eigenvalue weighted by Gasteiger charge is 2.16. The second-order valence-electron chi connectivity index (χ2n) is 7.18. The Morgan fingerprint density at radius 1 is 1.13 bits per heavy atom. The molecular weight excluding hydrogens is 410 g/mol. The Balaban J connectivity index is 1.69. The SMILES string of the molecule is CCN(Cc1ccc(OC)c(OC)c1)C(=O)CSc1nccn1-c1cccc(C)c1C. The van der Waals surface area contributed by atoms with Gasteiger partial charge in [-0.05, 0) is 55.7 Å². The minimum absolute atomic E-state index is 0.0674. The summed E-state index contributed by atoms with van der Waals surface area (Å²) in [6, 6.07) is 11.9. The van der Waals surface area contributed by atoms with Crippen molar-refractivity contribution in [1.82, 2.24) is 14.5 Å². The smallest absolute Gasteiger partial charge is 0.233 e. The highest BCUT2D eigenvalue weighted by molar-refractivity contribution is 7.99. The zero-order valence-electron chi connectivity index (χ0n) is 18.7. The number of methoxy groups -OCH3 is 2. The van der Waals surface area contributed by atoms with Crippen molar-refractivity contribution < 1.29 is 14.3 Å². The van der Waals surface area contributed by atoms with Gasteiger partial charge in [0.2, 0.25) is 5.91 Å². The molecule has 31 heavy (non-hydrogen) atoms. The second-order valence-corrected chi connectivity index (χ2v) is 8.13. The van der Waals surface area contributed by atoms with Crippen molar-refractivity contribution in [3.05, 3.63) is 65.5 Å². The van der Waals surface area contributed by atoms with Crippen molar-refractivity contribution in [3.63, 3.8) is 0 Å². The normalized spacial score (nSPS) is 10.7. The Bertz CT molecular complexity index is 1050. The van der Waals surface area contributed by atoms with Crippen LogP contribution < -0.4 is 9.47 Å². The molecule has 3 rings (SSSR count). The molecule has 0 radical (unpaired) electrons. The molecule has 1 amide bonds. The number of hydrogen-bond donors (Lipinski definition) is 0.